The molecule has 25 heavy (non-hydrogen) atoms. The van der Waals surface area contributed by atoms with E-state index < -0.39 is 7.26 Å². The summed E-state index contributed by atoms with van der Waals surface area (Å²) in [4.78, 5) is 12.5. The molecular formula is C21H19BrIOP. The Bertz CT molecular complexity index is 712. The van der Waals surface area contributed by atoms with Crippen LogP contribution in [0.1, 0.15) is 6.92 Å². The molecule has 3 aromatic carbocycles. The van der Waals surface area contributed by atoms with Crippen molar-refractivity contribution in [1.82, 2.24) is 0 Å². The van der Waals surface area contributed by atoms with E-state index in [2.05, 4.69) is 95.4 Å². The molecule has 0 fully saturated rings. The van der Waals surface area contributed by atoms with Gasteiger partial charge in [0.15, 0.2) is 9.45 Å². The average molecular weight is 525 g/mol. The quantitative estimate of drug-likeness (QED) is 0.280. The van der Waals surface area contributed by atoms with Gasteiger partial charge in [0.1, 0.15) is 23.2 Å². The molecule has 0 radical (unpaired) electrons. The van der Waals surface area contributed by atoms with Gasteiger partial charge in [0.05, 0.1) is 0 Å². The van der Waals surface area contributed by atoms with Gasteiger partial charge in [-0.3, -0.25) is 4.79 Å². The fourth-order valence-electron chi connectivity index (χ4n) is 3.10. The molecule has 0 heterocycles. The van der Waals surface area contributed by atoms with E-state index in [1.165, 1.54) is 15.9 Å². The Labute approximate surface area is 174 Å². The van der Waals surface area contributed by atoms with E-state index in [9.17, 15) is 4.79 Å². The van der Waals surface area contributed by atoms with E-state index in [0.29, 0.717) is 0 Å². The third kappa shape index (κ3) is 3.89. The van der Waals surface area contributed by atoms with Crippen molar-refractivity contribution in [2.45, 2.75) is 10.6 Å². The van der Waals surface area contributed by atoms with Gasteiger partial charge in [-0.05, 0) is 65.9 Å². The summed E-state index contributed by atoms with van der Waals surface area (Å²) in [5.74, 6) is 0.223. The highest BCUT2D eigenvalue weighted by atomic mass is 127. The van der Waals surface area contributed by atoms with Gasteiger partial charge < -0.3 is 17.0 Å². The Morgan fingerprint density at radius 1 is 0.720 bits per heavy atom. The maximum absolute atomic E-state index is 12.5. The fraction of sp³-hybridized carbons (Fsp3) is 0.0952. The summed E-state index contributed by atoms with van der Waals surface area (Å²) < 4.78 is -0.0951. The van der Waals surface area contributed by atoms with Crippen LogP contribution >= 0.6 is 29.9 Å². The van der Waals surface area contributed by atoms with E-state index in [-0.39, 0.29) is 26.4 Å². The smallest absolute Gasteiger partial charge is 0.190 e. The SMILES string of the molecule is CC(=O)C(I)[P+](c1ccccc1)(c1ccccc1)c1ccccc1.[Br-]. The number of rotatable bonds is 5. The van der Waals surface area contributed by atoms with Crippen molar-refractivity contribution in [2.75, 3.05) is 0 Å². The first kappa shape index (κ1) is 20.3. The zero-order valence-electron chi connectivity index (χ0n) is 13.8. The van der Waals surface area contributed by atoms with E-state index >= 15 is 0 Å². The lowest BCUT2D eigenvalue weighted by Gasteiger charge is -2.30. The summed E-state index contributed by atoms with van der Waals surface area (Å²) >= 11 is 2.36. The topological polar surface area (TPSA) is 17.1 Å². The molecule has 0 aromatic heterocycles. The molecule has 0 N–H and O–H groups in total. The molecule has 0 aliphatic carbocycles. The first-order valence-electron chi connectivity index (χ1n) is 7.87. The van der Waals surface area contributed by atoms with Crippen molar-refractivity contribution >= 4 is 51.6 Å². The lowest BCUT2D eigenvalue weighted by Crippen LogP contribution is -3.00. The van der Waals surface area contributed by atoms with E-state index in [1.54, 1.807) is 6.92 Å². The van der Waals surface area contributed by atoms with Crippen LogP contribution in [0.3, 0.4) is 0 Å². The monoisotopic (exact) mass is 524 g/mol. The third-order valence-electron chi connectivity index (χ3n) is 4.17. The van der Waals surface area contributed by atoms with Crippen molar-refractivity contribution in [2.24, 2.45) is 0 Å². The molecule has 0 amide bonds. The van der Waals surface area contributed by atoms with Crippen molar-refractivity contribution in [3.05, 3.63) is 91.0 Å². The Hall–Kier alpha value is -1.03. The number of hydrogen-bond acceptors (Lipinski definition) is 1. The van der Waals surface area contributed by atoms with Crippen LogP contribution in [-0.4, -0.2) is 9.45 Å². The first-order chi connectivity index (χ1) is 11.7. The normalized spacial score (nSPS) is 12.1. The Kier molecular flexibility index (Phi) is 7.36. The lowest BCUT2D eigenvalue weighted by atomic mass is 10.4. The van der Waals surface area contributed by atoms with Crippen molar-refractivity contribution in [3.63, 3.8) is 0 Å². The second-order valence-electron chi connectivity index (χ2n) is 5.68. The first-order valence-corrected chi connectivity index (χ1v) is 11.0. The van der Waals surface area contributed by atoms with Gasteiger partial charge in [-0.1, -0.05) is 54.6 Å². The molecule has 0 bridgehead atoms. The number of hydrogen-bond donors (Lipinski definition) is 0. The standard InChI is InChI=1S/C21H19IOP.BrH/c1-17(23)21(22)24(18-11-5-2-6-12-18,19-13-7-3-8-14-19)20-15-9-4-10-16-20;/h2-16,21H,1H3;1H/q+1;/p-1. The van der Waals surface area contributed by atoms with Crippen LogP contribution in [0.2, 0.25) is 0 Å². The molecule has 128 valence electrons. The Morgan fingerprint density at radius 2 is 1.00 bits per heavy atom. The van der Waals surface area contributed by atoms with Gasteiger partial charge in [0.2, 0.25) is 0 Å². The minimum absolute atomic E-state index is 0. The summed E-state index contributed by atoms with van der Waals surface area (Å²) in [7, 11) is -2.06. The van der Waals surface area contributed by atoms with Gasteiger partial charge in [0.25, 0.3) is 0 Å². The number of ketones is 1. The van der Waals surface area contributed by atoms with Gasteiger partial charge in [0, 0.05) is 0 Å². The van der Waals surface area contributed by atoms with Gasteiger partial charge >= 0.3 is 0 Å². The molecule has 0 aliphatic heterocycles. The van der Waals surface area contributed by atoms with Crippen LogP contribution in [0.4, 0.5) is 0 Å². The van der Waals surface area contributed by atoms with E-state index in [1.807, 2.05) is 18.2 Å². The van der Waals surface area contributed by atoms with Gasteiger partial charge in [-0.2, -0.15) is 0 Å². The average Bonchev–Trinajstić information content (AvgIpc) is 2.65. The number of alkyl halides is 1. The number of carbonyl (C=O) groups is 1. The summed E-state index contributed by atoms with van der Waals surface area (Å²) in [6, 6.07) is 31.5. The molecular weight excluding hydrogens is 506 g/mol. The van der Waals surface area contributed by atoms with Crippen molar-refractivity contribution < 1.29 is 21.8 Å². The number of Topliss-reactive ketones (excluding diaryl/α,β-unsaturated/α-hetero) is 1. The molecule has 1 atom stereocenters. The molecule has 1 nitrogen and oxygen atoms in total. The Morgan fingerprint density at radius 3 is 1.24 bits per heavy atom. The summed E-state index contributed by atoms with van der Waals surface area (Å²) in [5, 5.41) is 3.74. The molecule has 0 aliphatic rings. The number of halogens is 2. The molecule has 0 saturated carbocycles. The maximum atomic E-state index is 12.5. The van der Waals surface area contributed by atoms with Crippen LogP contribution in [0, 0.1) is 0 Å². The van der Waals surface area contributed by atoms with Crippen LogP contribution < -0.4 is 32.9 Å². The van der Waals surface area contributed by atoms with Crippen LogP contribution in [-0.2, 0) is 4.79 Å². The summed E-state index contributed by atoms with van der Waals surface area (Å²) in [5.41, 5.74) is 0. The highest BCUT2D eigenvalue weighted by molar-refractivity contribution is 14.1. The van der Waals surface area contributed by atoms with E-state index in [0.717, 1.165) is 0 Å². The Balaban J connectivity index is 0.00000225. The van der Waals surface area contributed by atoms with Gasteiger partial charge in [-0.15, -0.1) is 0 Å². The zero-order valence-corrected chi connectivity index (χ0v) is 18.5. The molecule has 3 aromatic rings. The largest absolute Gasteiger partial charge is 1.00 e. The molecule has 4 heteroatoms. The second-order valence-corrected chi connectivity index (χ2v) is 11.4. The minimum Gasteiger partial charge on any atom is -1.00 e. The predicted octanol–water partition coefficient (Wildman–Crippen LogP) is 1.33. The number of carbonyl (C=O) groups excluding carboxylic acids is 1. The second kappa shape index (κ2) is 9.07. The number of benzene rings is 3. The summed E-state index contributed by atoms with van der Waals surface area (Å²) in [6.07, 6.45) is 0. The van der Waals surface area contributed by atoms with Crippen LogP contribution in [0.25, 0.3) is 0 Å². The summed E-state index contributed by atoms with van der Waals surface area (Å²) in [6.45, 7) is 1.71. The van der Waals surface area contributed by atoms with Crippen LogP contribution in [0.5, 0.6) is 0 Å². The van der Waals surface area contributed by atoms with E-state index in [4.69, 9.17) is 0 Å². The zero-order chi connectivity index (χ0) is 17.0. The predicted molar refractivity (Wildman–Crippen MR) is 114 cm³/mol. The molecule has 0 spiro atoms. The maximum Gasteiger partial charge on any atom is 0.190 e. The van der Waals surface area contributed by atoms with Crippen molar-refractivity contribution in [3.8, 4) is 0 Å². The van der Waals surface area contributed by atoms with Gasteiger partial charge in [-0.25, -0.2) is 0 Å². The highest BCUT2D eigenvalue weighted by Gasteiger charge is 2.53. The van der Waals surface area contributed by atoms with Crippen molar-refractivity contribution in [1.29, 1.82) is 0 Å². The molecule has 3 rings (SSSR count). The third-order valence-corrected chi connectivity index (χ3v) is 11.9. The fourth-order valence-corrected chi connectivity index (χ4v) is 10.1. The van der Waals surface area contributed by atoms with Crippen LogP contribution in [0.15, 0.2) is 91.0 Å². The highest BCUT2D eigenvalue weighted by Crippen LogP contribution is 2.62. The lowest BCUT2D eigenvalue weighted by molar-refractivity contribution is -0.115. The minimum atomic E-state index is -2.06. The molecule has 0 saturated heterocycles. The molecule has 1 unspecified atom stereocenters.